The molecule has 6 nitrogen and oxygen atoms in total. The van der Waals surface area contributed by atoms with Crippen molar-refractivity contribution in [3.05, 3.63) is 52.6 Å². The molecule has 0 spiro atoms. The first-order valence-corrected chi connectivity index (χ1v) is 9.30. The molecule has 1 aromatic heterocycles. The standard InChI is InChI=1S/C19H14ClN3O3S/c1-10(24)21-19-23-15-4-3-14(8-17(15)27-19)22-18(25)12-6-11-7-13(20)2-5-16(11)26-9-12/h2-8H,9H2,1H3,(H,22,25)(H,21,23,24). The van der Waals surface area contributed by atoms with Gasteiger partial charge >= 0.3 is 0 Å². The molecule has 0 unspecified atom stereocenters. The fourth-order valence-electron chi connectivity index (χ4n) is 2.70. The van der Waals surface area contributed by atoms with Crippen LogP contribution in [0.15, 0.2) is 42.0 Å². The number of rotatable bonds is 3. The average molecular weight is 400 g/mol. The van der Waals surface area contributed by atoms with Gasteiger partial charge < -0.3 is 15.4 Å². The van der Waals surface area contributed by atoms with E-state index in [0.717, 1.165) is 15.8 Å². The molecule has 2 heterocycles. The van der Waals surface area contributed by atoms with Gasteiger partial charge in [-0.1, -0.05) is 22.9 Å². The first-order chi connectivity index (χ1) is 13.0. The van der Waals surface area contributed by atoms with E-state index in [1.54, 1.807) is 36.4 Å². The first-order valence-electron chi connectivity index (χ1n) is 8.10. The molecule has 0 bridgehead atoms. The molecule has 3 aromatic rings. The normalized spacial score (nSPS) is 12.7. The number of aromatic nitrogens is 1. The number of hydrogen-bond acceptors (Lipinski definition) is 5. The van der Waals surface area contributed by atoms with Crippen molar-refractivity contribution in [3.8, 4) is 5.75 Å². The number of hydrogen-bond donors (Lipinski definition) is 2. The Morgan fingerprint density at radius 3 is 2.85 bits per heavy atom. The summed E-state index contributed by atoms with van der Waals surface area (Å²) in [6, 6.07) is 10.7. The smallest absolute Gasteiger partial charge is 0.255 e. The molecule has 136 valence electrons. The van der Waals surface area contributed by atoms with E-state index in [1.807, 2.05) is 6.07 Å². The van der Waals surface area contributed by atoms with Gasteiger partial charge in [0.2, 0.25) is 5.91 Å². The van der Waals surface area contributed by atoms with Crippen LogP contribution in [0.4, 0.5) is 10.8 Å². The van der Waals surface area contributed by atoms with Gasteiger partial charge in [0, 0.05) is 23.2 Å². The van der Waals surface area contributed by atoms with E-state index in [2.05, 4.69) is 15.6 Å². The summed E-state index contributed by atoms with van der Waals surface area (Å²) < 4.78 is 6.49. The maximum atomic E-state index is 12.6. The molecule has 8 heteroatoms. The highest BCUT2D eigenvalue weighted by molar-refractivity contribution is 7.22. The molecule has 1 aliphatic heterocycles. The molecule has 0 aliphatic carbocycles. The Morgan fingerprint density at radius 1 is 1.19 bits per heavy atom. The van der Waals surface area contributed by atoms with Crippen LogP contribution in [-0.2, 0) is 9.59 Å². The fourth-order valence-corrected chi connectivity index (χ4v) is 3.83. The summed E-state index contributed by atoms with van der Waals surface area (Å²) in [5, 5.41) is 6.65. The third kappa shape index (κ3) is 3.79. The Bertz CT molecular complexity index is 1110. The number of amides is 2. The van der Waals surface area contributed by atoms with E-state index in [1.165, 1.54) is 18.3 Å². The number of halogens is 1. The largest absolute Gasteiger partial charge is 0.488 e. The summed E-state index contributed by atoms with van der Waals surface area (Å²) in [6.45, 7) is 1.62. The van der Waals surface area contributed by atoms with Crippen LogP contribution in [0.5, 0.6) is 5.75 Å². The van der Waals surface area contributed by atoms with Gasteiger partial charge in [-0.15, -0.1) is 0 Å². The van der Waals surface area contributed by atoms with E-state index >= 15 is 0 Å². The van der Waals surface area contributed by atoms with Crippen LogP contribution in [0.3, 0.4) is 0 Å². The number of ether oxygens (including phenoxy) is 1. The lowest BCUT2D eigenvalue weighted by molar-refractivity contribution is -0.114. The number of nitrogens with zero attached hydrogens (tertiary/aromatic N) is 1. The molecule has 0 atom stereocenters. The maximum absolute atomic E-state index is 12.6. The van der Waals surface area contributed by atoms with Crippen LogP contribution in [-0.4, -0.2) is 23.4 Å². The Kier molecular flexibility index (Phi) is 4.55. The number of anilines is 2. The molecule has 0 saturated heterocycles. The van der Waals surface area contributed by atoms with Crippen molar-refractivity contribution in [3.63, 3.8) is 0 Å². The zero-order chi connectivity index (χ0) is 19.0. The summed E-state index contributed by atoms with van der Waals surface area (Å²) in [6.07, 6.45) is 1.78. The third-order valence-electron chi connectivity index (χ3n) is 3.91. The lowest BCUT2D eigenvalue weighted by Gasteiger charge is -2.17. The predicted molar refractivity (Wildman–Crippen MR) is 107 cm³/mol. The van der Waals surface area contributed by atoms with Gasteiger partial charge in [-0.05, 0) is 42.5 Å². The van der Waals surface area contributed by atoms with Crippen molar-refractivity contribution in [1.29, 1.82) is 0 Å². The van der Waals surface area contributed by atoms with Crippen molar-refractivity contribution in [2.24, 2.45) is 0 Å². The number of carbonyl (C=O) groups excluding carboxylic acids is 2. The number of carbonyl (C=O) groups is 2. The van der Waals surface area contributed by atoms with Gasteiger partial charge in [0.05, 0.1) is 15.8 Å². The lowest BCUT2D eigenvalue weighted by atomic mass is 10.1. The Labute approximate surface area is 163 Å². The summed E-state index contributed by atoms with van der Waals surface area (Å²) in [7, 11) is 0. The molecule has 0 fully saturated rings. The highest BCUT2D eigenvalue weighted by Gasteiger charge is 2.18. The molecule has 2 amide bonds. The molecule has 4 rings (SSSR count). The number of nitrogens with one attached hydrogen (secondary N) is 2. The van der Waals surface area contributed by atoms with E-state index in [9.17, 15) is 9.59 Å². The summed E-state index contributed by atoms with van der Waals surface area (Å²) in [5.41, 5.74) is 2.68. The second-order valence-electron chi connectivity index (χ2n) is 5.98. The SMILES string of the molecule is CC(=O)Nc1nc2ccc(NC(=O)C3=Cc4cc(Cl)ccc4OC3)cc2s1. The Hall–Kier alpha value is -2.90. The molecule has 0 saturated carbocycles. The summed E-state index contributed by atoms with van der Waals surface area (Å²) in [4.78, 5) is 28.1. The van der Waals surface area contributed by atoms with Crippen LogP contribution in [0, 0.1) is 0 Å². The Morgan fingerprint density at radius 2 is 2.04 bits per heavy atom. The molecule has 1 aliphatic rings. The van der Waals surface area contributed by atoms with Gasteiger partial charge in [0.25, 0.3) is 5.91 Å². The van der Waals surface area contributed by atoms with Crippen LogP contribution in [0.1, 0.15) is 12.5 Å². The van der Waals surface area contributed by atoms with Gasteiger partial charge in [-0.3, -0.25) is 9.59 Å². The van der Waals surface area contributed by atoms with E-state index in [-0.39, 0.29) is 18.4 Å². The van der Waals surface area contributed by atoms with Crippen LogP contribution in [0.2, 0.25) is 5.02 Å². The number of fused-ring (bicyclic) bond motifs is 2. The van der Waals surface area contributed by atoms with Crippen molar-refractivity contribution >= 4 is 61.9 Å². The second kappa shape index (κ2) is 7.02. The minimum atomic E-state index is -0.244. The highest BCUT2D eigenvalue weighted by Crippen LogP contribution is 2.31. The molecule has 2 N–H and O–H groups in total. The van der Waals surface area contributed by atoms with Gasteiger partial charge in [-0.2, -0.15) is 0 Å². The molecular formula is C19H14ClN3O3S. The number of benzene rings is 2. The summed E-state index contributed by atoms with van der Waals surface area (Å²) in [5.74, 6) is 0.284. The summed E-state index contributed by atoms with van der Waals surface area (Å²) >= 11 is 7.35. The average Bonchev–Trinajstić information content (AvgIpc) is 3.01. The van der Waals surface area contributed by atoms with Gasteiger partial charge in [0.1, 0.15) is 12.4 Å². The molecular weight excluding hydrogens is 386 g/mol. The van der Waals surface area contributed by atoms with Gasteiger partial charge in [-0.25, -0.2) is 4.98 Å². The zero-order valence-electron chi connectivity index (χ0n) is 14.2. The first kappa shape index (κ1) is 17.5. The van der Waals surface area contributed by atoms with E-state index in [4.69, 9.17) is 16.3 Å². The fraction of sp³-hybridized carbons (Fsp3) is 0.105. The van der Waals surface area contributed by atoms with E-state index < -0.39 is 0 Å². The molecule has 27 heavy (non-hydrogen) atoms. The Balaban J connectivity index is 1.55. The van der Waals surface area contributed by atoms with Gasteiger partial charge in [0.15, 0.2) is 5.13 Å². The zero-order valence-corrected chi connectivity index (χ0v) is 15.8. The van der Waals surface area contributed by atoms with Crippen LogP contribution < -0.4 is 15.4 Å². The van der Waals surface area contributed by atoms with Crippen molar-refractivity contribution in [2.45, 2.75) is 6.92 Å². The van der Waals surface area contributed by atoms with Crippen molar-refractivity contribution < 1.29 is 14.3 Å². The third-order valence-corrected chi connectivity index (χ3v) is 5.07. The van der Waals surface area contributed by atoms with E-state index in [0.29, 0.717) is 27.2 Å². The van der Waals surface area contributed by atoms with Crippen molar-refractivity contribution in [1.82, 2.24) is 4.98 Å². The lowest BCUT2D eigenvalue weighted by Crippen LogP contribution is -2.21. The topological polar surface area (TPSA) is 80.3 Å². The maximum Gasteiger partial charge on any atom is 0.255 e. The monoisotopic (exact) mass is 399 g/mol. The number of thiazole rings is 1. The quantitative estimate of drug-likeness (QED) is 0.687. The second-order valence-corrected chi connectivity index (χ2v) is 7.44. The van der Waals surface area contributed by atoms with Crippen LogP contribution >= 0.6 is 22.9 Å². The highest BCUT2D eigenvalue weighted by atomic mass is 35.5. The minimum Gasteiger partial charge on any atom is -0.488 e. The predicted octanol–water partition coefficient (Wildman–Crippen LogP) is 4.32. The minimum absolute atomic E-state index is 0.174. The van der Waals surface area contributed by atoms with Crippen molar-refractivity contribution in [2.75, 3.05) is 17.2 Å². The molecule has 2 aromatic carbocycles. The molecule has 0 radical (unpaired) electrons. The van der Waals surface area contributed by atoms with Crippen LogP contribution in [0.25, 0.3) is 16.3 Å².